The van der Waals surface area contributed by atoms with E-state index < -0.39 is 0 Å². The predicted octanol–water partition coefficient (Wildman–Crippen LogP) is 2.48. The lowest BCUT2D eigenvalue weighted by atomic mass is 10.1. The summed E-state index contributed by atoms with van der Waals surface area (Å²) in [5.74, 6) is 2.92. The van der Waals surface area contributed by atoms with E-state index in [1.54, 1.807) is 0 Å². The molecule has 4 unspecified atom stereocenters. The molecule has 3 rings (SSSR count). The predicted molar refractivity (Wildman–Crippen MR) is 56.9 cm³/mol. The fourth-order valence-corrected chi connectivity index (χ4v) is 5.80. The Morgan fingerprint density at radius 1 is 0.727 bits per heavy atom. The number of thioether (sulfide) groups is 3. The Morgan fingerprint density at radius 2 is 1.18 bits per heavy atom. The first-order valence-electron chi connectivity index (χ1n) is 4.32. The van der Waals surface area contributed by atoms with Gasteiger partial charge in [0.2, 0.25) is 0 Å². The highest BCUT2D eigenvalue weighted by atomic mass is 32.2. The molecule has 3 aliphatic rings. The van der Waals surface area contributed by atoms with E-state index in [4.69, 9.17) is 0 Å². The zero-order valence-corrected chi connectivity index (χ0v) is 8.81. The SMILES string of the molecule is C1SC1C1CCC(C2CS2)S1. The maximum absolute atomic E-state index is 2.31. The van der Waals surface area contributed by atoms with Crippen molar-refractivity contribution in [2.75, 3.05) is 11.5 Å². The lowest BCUT2D eigenvalue weighted by Gasteiger charge is -2.06. The van der Waals surface area contributed by atoms with Gasteiger partial charge in [0.25, 0.3) is 0 Å². The number of rotatable bonds is 2. The molecule has 3 saturated heterocycles. The van der Waals surface area contributed by atoms with Crippen molar-refractivity contribution >= 4 is 35.3 Å². The molecule has 0 amide bonds. The van der Waals surface area contributed by atoms with Crippen molar-refractivity contribution in [1.29, 1.82) is 0 Å². The molecule has 0 N–H and O–H groups in total. The first kappa shape index (κ1) is 7.45. The molecule has 0 saturated carbocycles. The normalized spacial score (nSPS) is 54.5. The summed E-state index contributed by atoms with van der Waals surface area (Å²) in [6.45, 7) is 0. The van der Waals surface area contributed by atoms with E-state index in [1.807, 2.05) is 0 Å². The van der Waals surface area contributed by atoms with Crippen LogP contribution in [0.1, 0.15) is 12.8 Å². The smallest absolute Gasteiger partial charge is 0.0257 e. The standard InChI is InChI=1S/C8H12S3/c1-2-6(8-4-10-8)11-5(1)7-3-9-7/h5-8H,1-4H2. The van der Waals surface area contributed by atoms with Crippen molar-refractivity contribution in [3.05, 3.63) is 0 Å². The van der Waals surface area contributed by atoms with Gasteiger partial charge in [0, 0.05) is 32.5 Å². The monoisotopic (exact) mass is 204 g/mol. The third kappa shape index (κ3) is 1.56. The van der Waals surface area contributed by atoms with Gasteiger partial charge in [-0.15, -0.1) is 0 Å². The van der Waals surface area contributed by atoms with Gasteiger partial charge in [-0.3, -0.25) is 0 Å². The van der Waals surface area contributed by atoms with Crippen LogP contribution in [0.3, 0.4) is 0 Å². The molecule has 0 aromatic carbocycles. The average molecular weight is 204 g/mol. The minimum absolute atomic E-state index is 1.05. The summed E-state index contributed by atoms with van der Waals surface area (Å²) in [4.78, 5) is 0. The van der Waals surface area contributed by atoms with Gasteiger partial charge in [-0.2, -0.15) is 35.3 Å². The molecule has 3 heterocycles. The average Bonchev–Trinajstić information content (AvgIpc) is 2.90. The van der Waals surface area contributed by atoms with E-state index in [-0.39, 0.29) is 0 Å². The molecule has 0 aromatic rings. The Balaban J connectivity index is 1.58. The first-order valence-corrected chi connectivity index (χ1v) is 7.36. The summed E-state index contributed by atoms with van der Waals surface area (Å²) in [6, 6.07) is 0. The van der Waals surface area contributed by atoms with Crippen molar-refractivity contribution in [3.8, 4) is 0 Å². The van der Waals surface area contributed by atoms with Crippen LogP contribution in [-0.4, -0.2) is 32.5 Å². The van der Waals surface area contributed by atoms with Gasteiger partial charge in [-0.05, 0) is 12.8 Å². The van der Waals surface area contributed by atoms with Crippen LogP contribution in [0.2, 0.25) is 0 Å². The molecule has 11 heavy (non-hydrogen) atoms. The molecule has 3 aliphatic heterocycles. The van der Waals surface area contributed by atoms with Crippen molar-refractivity contribution in [2.45, 2.75) is 33.8 Å². The van der Waals surface area contributed by atoms with Crippen LogP contribution in [0.15, 0.2) is 0 Å². The van der Waals surface area contributed by atoms with Gasteiger partial charge in [0.1, 0.15) is 0 Å². The molecule has 0 aliphatic carbocycles. The van der Waals surface area contributed by atoms with Gasteiger partial charge in [-0.25, -0.2) is 0 Å². The van der Waals surface area contributed by atoms with Gasteiger partial charge in [0.05, 0.1) is 0 Å². The number of hydrogen-bond acceptors (Lipinski definition) is 3. The Bertz CT molecular complexity index is 145. The minimum atomic E-state index is 1.05. The van der Waals surface area contributed by atoms with Gasteiger partial charge < -0.3 is 0 Å². The van der Waals surface area contributed by atoms with E-state index >= 15 is 0 Å². The highest BCUT2D eigenvalue weighted by Gasteiger charge is 2.43. The number of hydrogen-bond donors (Lipinski definition) is 0. The summed E-state index contributed by atoms with van der Waals surface area (Å²) in [5.41, 5.74) is 0. The van der Waals surface area contributed by atoms with Crippen LogP contribution in [0.5, 0.6) is 0 Å². The van der Waals surface area contributed by atoms with Crippen molar-refractivity contribution in [2.24, 2.45) is 0 Å². The molecular weight excluding hydrogens is 192 g/mol. The lowest BCUT2D eigenvalue weighted by Crippen LogP contribution is -2.07. The van der Waals surface area contributed by atoms with E-state index in [2.05, 4.69) is 35.3 Å². The van der Waals surface area contributed by atoms with E-state index in [0.29, 0.717) is 0 Å². The van der Waals surface area contributed by atoms with Gasteiger partial charge in [-0.1, -0.05) is 0 Å². The fourth-order valence-electron chi connectivity index (χ4n) is 1.78. The van der Waals surface area contributed by atoms with Crippen LogP contribution < -0.4 is 0 Å². The third-order valence-corrected chi connectivity index (χ3v) is 6.90. The Kier molecular flexibility index (Phi) is 1.88. The minimum Gasteiger partial charge on any atom is -0.155 e. The highest BCUT2D eigenvalue weighted by molar-refractivity contribution is 8.10. The summed E-state index contributed by atoms with van der Waals surface area (Å²) in [6.07, 6.45) is 3.04. The van der Waals surface area contributed by atoms with Crippen LogP contribution in [0.25, 0.3) is 0 Å². The molecule has 0 nitrogen and oxygen atoms in total. The molecule has 0 bridgehead atoms. The van der Waals surface area contributed by atoms with Crippen molar-refractivity contribution in [1.82, 2.24) is 0 Å². The molecule has 3 fully saturated rings. The zero-order valence-electron chi connectivity index (χ0n) is 6.36. The van der Waals surface area contributed by atoms with Crippen LogP contribution in [0.4, 0.5) is 0 Å². The lowest BCUT2D eigenvalue weighted by molar-refractivity contribution is 0.739. The Labute approximate surface area is 80.6 Å². The van der Waals surface area contributed by atoms with Crippen LogP contribution in [-0.2, 0) is 0 Å². The summed E-state index contributed by atoms with van der Waals surface area (Å²) in [5, 5.41) is 4.22. The van der Waals surface area contributed by atoms with Gasteiger partial charge >= 0.3 is 0 Å². The summed E-state index contributed by atoms with van der Waals surface area (Å²) in [7, 11) is 0. The van der Waals surface area contributed by atoms with E-state index in [9.17, 15) is 0 Å². The summed E-state index contributed by atoms with van der Waals surface area (Å²) >= 11 is 6.65. The zero-order chi connectivity index (χ0) is 7.26. The molecule has 0 spiro atoms. The van der Waals surface area contributed by atoms with E-state index in [1.165, 1.54) is 24.3 Å². The highest BCUT2D eigenvalue weighted by Crippen LogP contribution is 2.52. The summed E-state index contributed by atoms with van der Waals surface area (Å²) < 4.78 is 0. The van der Waals surface area contributed by atoms with Gasteiger partial charge in [0.15, 0.2) is 0 Å². The Morgan fingerprint density at radius 3 is 1.55 bits per heavy atom. The molecule has 3 heteroatoms. The van der Waals surface area contributed by atoms with Crippen LogP contribution >= 0.6 is 35.3 Å². The van der Waals surface area contributed by atoms with Crippen molar-refractivity contribution in [3.63, 3.8) is 0 Å². The maximum atomic E-state index is 2.31. The fraction of sp³-hybridized carbons (Fsp3) is 1.00. The third-order valence-electron chi connectivity index (χ3n) is 2.63. The quantitative estimate of drug-likeness (QED) is 0.634. The van der Waals surface area contributed by atoms with E-state index in [0.717, 1.165) is 21.0 Å². The topological polar surface area (TPSA) is 0 Å². The second-order valence-corrected chi connectivity index (χ2v) is 7.56. The molecule has 0 aromatic heterocycles. The molecule has 4 atom stereocenters. The van der Waals surface area contributed by atoms with Crippen LogP contribution in [0, 0.1) is 0 Å². The second-order valence-electron chi connectivity index (χ2n) is 3.53. The maximum Gasteiger partial charge on any atom is 0.0257 e. The molecule has 62 valence electrons. The molecule has 0 radical (unpaired) electrons. The molecular formula is C8H12S3. The van der Waals surface area contributed by atoms with Crippen molar-refractivity contribution < 1.29 is 0 Å². The Hall–Kier alpha value is 1.05. The first-order chi connectivity index (χ1) is 5.43. The second kappa shape index (κ2) is 2.78. The largest absolute Gasteiger partial charge is 0.155 e.